The number of anilines is 1. The molecule has 0 radical (unpaired) electrons. The molecule has 0 aliphatic heterocycles. The molecule has 1 unspecified atom stereocenters. The first kappa shape index (κ1) is 21.0. The van der Waals surface area contributed by atoms with Crippen molar-refractivity contribution >= 4 is 40.8 Å². The van der Waals surface area contributed by atoms with Crippen molar-refractivity contribution in [2.45, 2.75) is 59.5 Å². The van der Waals surface area contributed by atoms with Gasteiger partial charge in [0.25, 0.3) is 5.91 Å². The van der Waals surface area contributed by atoms with Crippen molar-refractivity contribution < 1.29 is 14.3 Å². The van der Waals surface area contributed by atoms with Gasteiger partial charge in [-0.15, -0.1) is 0 Å². The van der Waals surface area contributed by atoms with Crippen LogP contribution in [0.3, 0.4) is 0 Å². The summed E-state index contributed by atoms with van der Waals surface area (Å²) in [6.45, 7) is 8.28. The molecule has 1 fully saturated rings. The van der Waals surface area contributed by atoms with Crippen molar-refractivity contribution in [3.05, 3.63) is 28.2 Å². The van der Waals surface area contributed by atoms with Gasteiger partial charge < -0.3 is 10.1 Å². The van der Waals surface area contributed by atoms with Crippen LogP contribution in [0.2, 0.25) is 10.0 Å². The van der Waals surface area contributed by atoms with Gasteiger partial charge in [0.1, 0.15) is 0 Å². The average molecular weight is 400 g/mol. The predicted octanol–water partition coefficient (Wildman–Crippen LogP) is 5.72. The molecule has 1 aliphatic carbocycles. The molecule has 1 N–H and O–H groups in total. The van der Waals surface area contributed by atoms with Gasteiger partial charge in [-0.3, -0.25) is 9.59 Å². The van der Waals surface area contributed by atoms with E-state index in [0.717, 1.165) is 25.7 Å². The molecule has 1 aliphatic rings. The third-order valence-corrected chi connectivity index (χ3v) is 5.98. The van der Waals surface area contributed by atoms with Gasteiger partial charge in [-0.05, 0) is 56.1 Å². The summed E-state index contributed by atoms with van der Waals surface area (Å²) in [4.78, 5) is 24.7. The number of carbonyl (C=O) groups is 2. The minimum atomic E-state index is -0.891. The summed E-state index contributed by atoms with van der Waals surface area (Å²) in [5.74, 6) is -0.223. The topological polar surface area (TPSA) is 55.4 Å². The fourth-order valence-electron chi connectivity index (χ4n) is 3.35. The zero-order chi connectivity index (χ0) is 19.5. The van der Waals surface area contributed by atoms with Crippen molar-refractivity contribution in [1.82, 2.24) is 0 Å². The zero-order valence-electron chi connectivity index (χ0n) is 15.8. The van der Waals surface area contributed by atoms with E-state index in [0.29, 0.717) is 16.6 Å². The molecule has 0 saturated heterocycles. The Labute approximate surface area is 165 Å². The highest BCUT2D eigenvalue weighted by Crippen LogP contribution is 2.40. The average Bonchev–Trinajstić information content (AvgIpc) is 2.58. The third-order valence-electron chi connectivity index (χ3n) is 5.16. The Kier molecular flexibility index (Phi) is 6.98. The highest BCUT2D eigenvalue weighted by molar-refractivity contribution is 6.44. The van der Waals surface area contributed by atoms with Crippen LogP contribution in [-0.2, 0) is 14.3 Å². The summed E-state index contributed by atoms with van der Waals surface area (Å²) < 4.78 is 5.39. The first-order chi connectivity index (χ1) is 12.1. The van der Waals surface area contributed by atoms with Crippen LogP contribution in [0.1, 0.15) is 53.4 Å². The Hall–Kier alpha value is -1.26. The summed E-state index contributed by atoms with van der Waals surface area (Å²) in [6.07, 6.45) is 2.77. The highest BCUT2D eigenvalue weighted by Gasteiger charge is 2.34. The van der Waals surface area contributed by atoms with Gasteiger partial charge in [0, 0.05) is 0 Å². The maximum absolute atomic E-state index is 12.4. The second kappa shape index (κ2) is 8.62. The number of carbonyl (C=O) groups excluding carboxylic acids is 2. The fraction of sp³-hybridized carbons (Fsp3) is 0.600. The number of amides is 1. The van der Waals surface area contributed by atoms with E-state index < -0.39 is 12.0 Å². The van der Waals surface area contributed by atoms with Gasteiger partial charge >= 0.3 is 5.97 Å². The molecule has 4 nitrogen and oxygen atoms in total. The Morgan fingerprint density at radius 2 is 1.77 bits per heavy atom. The molecule has 1 saturated carbocycles. The Morgan fingerprint density at radius 3 is 2.35 bits per heavy atom. The molecule has 1 amide bonds. The van der Waals surface area contributed by atoms with E-state index in [2.05, 4.69) is 26.1 Å². The standard InChI is InChI=1S/C20H27Cl2NO3/c1-12(18(24)23-16-7-5-6-15(21)17(16)22)26-19(25)13-8-10-14(11-9-13)20(2,3)4/h5-7,12-14H,8-11H2,1-4H3,(H,23,24). The third kappa shape index (κ3) is 5.37. The lowest BCUT2D eigenvalue weighted by molar-refractivity contribution is -0.158. The highest BCUT2D eigenvalue weighted by atomic mass is 35.5. The van der Waals surface area contributed by atoms with Crippen molar-refractivity contribution in [3.63, 3.8) is 0 Å². The quantitative estimate of drug-likeness (QED) is 0.658. The predicted molar refractivity (Wildman–Crippen MR) is 106 cm³/mol. The minimum Gasteiger partial charge on any atom is -0.452 e. The van der Waals surface area contributed by atoms with Crippen LogP contribution in [0, 0.1) is 17.3 Å². The minimum absolute atomic E-state index is 0.126. The number of rotatable bonds is 4. The molecule has 1 atom stereocenters. The van der Waals surface area contributed by atoms with Crippen molar-refractivity contribution in [2.24, 2.45) is 17.3 Å². The van der Waals surface area contributed by atoms with Crippen LogP contribution in [0.25, 0.3) is 0 Å². The monoisotopic (exact) mass is 399 g/mol. The van der Waals surface area contributed by atoms with Gasteiger partial charge in [0.2, 0.25) is 0 Å². The van der Waals surface area contributed by atoms with Crippen LogP contribution in [0.4, 0.5) is 5.69 Å². The normalized spacial score (nSPS) is 21.8. The fourth-order valence-corrected chi connectivity index (χ4v) is 3.70. The number of hydrogen-bond donors (Lipinski definition) is 1. The van der Waals surface area contributed by atoms with Crippen molar-refractivity contribution in [2.75, 3.05) is 5.32 Å². The summed E-state index contributed by atoms with van der Waals surface area (Å²) in [5, 5.41) is 3.27. The van der Waals surface area contributed by atoms with Gasteiger partial charge in [-0.2, -0.15) is 0 Å². The maximum Gasteiger partial charge on any atom is 0.309 e. The molecule has 0 bridgehead atoms. The number of ether oxygens (including phenoxy) is 1. The number of benzene rings is 1. The van der Waals surface area contributed by atoms with E-state index in [9.17, 15) is 9.59 Å². The Bertz CT molecular complexity index is 662. The summed E-state index contributed by atoms with van der Waals surface area (Å²) in [5.41, 5.74) is 0.663. The second-order valence-electron chi connectivity index (χ2n) is 8.08. The van der Waals surface area contributed by atoms with Crippen LogP contribution in [0.15, 0.2) is 18.2 Å². The summed E-state index contributed by atoms with van der Waals surface area (Å²) in [7, 11) is 0. The van der Waals surface area contributed by atoms with E-state index in [-0.39, 0.29) is 22.3 Å². The molecule has 26 heavy (non-hydrogen) atoms. The smallest absolute Gasteiger partial charge is 0.309 e. The molecule has 0 heterocycles. The van der Waals surface area contributed by atoms with Gasteiger partial charge in [-0.25, -0.2) is 0 Å². The lowest BCUT2D eigenvalue weighted by Crippen LogP contribution is -2.34. The second-order valence-corrected chi connectivity index (χ2v) is 8.87. The molecule has 1 aromatic rings. The molecule has 6 heteroatoms. The lowest BCUT2D eigenvalue weighted by Gasteiger charge is -2.36. The maximum atomic E-state index is 12.4. The molecule has 0 aromatic heterocycles. The number of halogens is 2. The van der Waals surface area contributed by atoms with E-state index in [1.165, 1.54) is 0 Å². The summed E-state index contributed by atoms with van der Waals surface area (Å²) in [6, 6.07) is 4.97. The SMILES string of the molecule is CC(OC(=O)C1CCC(C(C)(C)C)CC1)C(=O)Nc1cccc(Cl)c1Cl. The number of nitrogens with one attached hydrogen (secondary N) is 1. The van der Waals surface area contributed by atoms with Gasteiger partial charge in [-0.1, -0.05) is 50.0 Å². The largest absolute Gasteiger partial charge is 0.452 e. The van der Waals surface area contributed by atoms with Crippen molar-refractivity contribution in [3.8, 4) is 0 Å². The van der Waals surface area contributed by atoms with E-state index in [1.807, 2.05) is 0 Å². The zero-order valence-corrected chi connectivity index (χ0v) is 17.3. The first-order valence-electron chi connectivity index (χ1n) is 9.05. The molecule has 2 rings (SSSR count). The van der Waals surface area contributed by atoms with Gasteiger partial charge in [0.05, 0.1) is 21.7 Å². The van der Waals surface area contributed by atoms with Crippen LogP contribution in [0.5, 0.6) is 0 Å². The lowest BCUT2D eigenvalue weighted by atomic mass is 9.70. The van der Waals surface area contributed by atoms with Crippen LogP contribution < -0.4 is 5.32 Å². The van der Waals surface area contributed by atoms with Crippen LogP contribution in [-0.4, -0.2) is 18.0 Å². The number of esters is 1. The van der Waals surface area contributed by atoms with E-state index in [4.69, 9.17) is 27.9 Å². The number of hydrogen-bond acceptors (Lipinski definition) is 3. The Balaban J connectivity index is 1.87. The van der Waals surface area contributed by atoms with Crippen molar-refractivity contribution in [1.29, 1.82) is 0 Å². The first-order valence-corrected chi connectivity index (χ1v) is 9.80. The molecule has 1 aromatic carbocycles. The Morgan fingerprint density at radius 1 is 1.15 bits per heavy atom. The summed E-state index contributed by atoms with van der Waals surface area (Å²) >= 11 is 12.0. The molecule has 0 spiro atoms. The van der Waals surface area contributed by atoms with Gasteiger partial charge in [0.15, 0.2) is 6.10 Å². The van der Waals surface area contributed by atoms with Crippen LogP contribution >= 0.6 is 23.2 Å². The molecular formula is C20H27Cl2NO3. The van der Waals surface area contributed by atoms with E-state index >= 15 is 0 Å². The molecular weight excluding hydrogens is 373 g/mol. The van der Waals surface area contributed by atoms with E-state index in [1.54, 1.807) is 25.1 Å². The molecule has 144 valence electrons.